The molecule has 15 atom stereocenters. The summed E-state index contributed by atoms with van der Waals surface area (Å²) in [5.41, 5.74) is 4.51. The first-order valence-corrected chi connectivity index (χ1v) is 26.6. The number of amides is 4. The highest BCUT2D eigenvalue weighted by Gasteiger charge is 2.51. The van der Waals surface area contributed by atoms with Gasteiger partial charge in [-0.25, -0.2) is 5.43 Å². The fourth-order valence-electron chi connectivity index (χ4n) is 10.4. The van der Waals surface area contributed by atoms with Crippen molar-refractivity contribution in [3.63, 3.8) is 0 Å². The highest BCUT2D eigenvalue weighted by atomic mass is 16.5. The quantitative estimate of drug-likeness (QED) is 0.0684. The van der Waals surface area contributed by atoms with Crippen LogP contribution in [0.15, 0.2) is 84.0 Å². The molecule has 8 N–H and O–H groups in total. The van der Waals surface area contributed by atoms with Gasteiger partial charge >= 0.3 is 5.97 Å². The fourth-order valence-corrected chi connectivity index (χ4v) is 10.4. The van der Waals surface area contributed by atoms with Gasteiger partial charge in [-0.1, -0.05) is 116 Å². The van der Waals surface area contributed by atoms with Crippen LogP contribution < -0.4 is 21.4 Å². The second-order valence-corrected chi connectivity index (χ2v) is 21.6. The minimum atomic E-state index is -1.28. The number of hydrazine groups is 1. The van der Waals surface area contributed by atoms with Crippen LogP contribution in [0, 0.1) is 41.4 Å². The van der Waals surface area contributed by atoms with Crippen molar-refractivity contribution in [1.82, 2.24) is 26.4 Å². The fraction of sp³-hybridized carbons (Fsp3) is 0.632. The molecule has 16 nitrogen and oxygen atoms in total. The zero-order valence-electron chi connectivity index (χ0n) is 44.8. The zero-order chi connectivity index (χ0) is 53.7. The number of benzene rings is 1. The third-order valence-electron chi connectivity index (χ3n) is 15.6. The maximum atomic E-state index is 14.4. The molecule has 16 heteroatoms. The number of nitrogens with one attached hydrogen (secondary N) is 4. The average molecular weight is 1020 g/mol. The molecule has 0 radical (unpaired) electrons. The van der Waals surface area contributed by atoms with Crippen LogP contribution in [0.4, 0.5) is 0 Å². The molecule has 5 rings (SSSR count). The topological polar surface area (TPSA) is 236 Å². The largest absolute Gasteiger partial charge is 0.508 e. The van der Waals surface area contributed by atoms with E-state index in [1.807, 2.05) is 45.9 Å². The van der Waals surface area contributed by atoms with E-state index >= 15 is 0 Å². The molecule has 0 saturated carbocycles. The van der Waals surface area contributed by atoms with Crippen molar-refractivity contribution in [2.24, 2.45) is 41.4 Å². The Morgan fingerprint density at radius 2 is 1.74 bits per heavy atom. The summed E-state index contributed by atoms with van der Waals surface area (Å²) < 4.78 is 12.9. The second-order valence-electron chi connectivity index (χ2n) is 21.6. The Hall–Kier alpha value is -5.13. The molecular formula is C57H85N5O11. The summed E-state index contributed by atoms with van der Waals surface area (Å²) in [6, 6.07) is 3.17. The Labute approximate surface area is 433 Å². The molecule has 2 saturated heterocycles. The van der Waals surface area contributed by atoms with E-state index < -0.39 is 89.7 Å². The number of aromatic hydroxyl groups is 1. The third-order valence-corrected chi connectivity index (χ3v) is 15.6. The number of aliphatic hydroxyl groups excluding tert-OH is 3. The number of piperidine rings is 1. The van der Waals surface area contributed by atoms with Crippen LogP contribution in [0.3, 0.4) is 0 Å². The number of hydrogen-bond donors (Lipinski definition) is 8. The van der Waals surface area contributed by atoms with Gasteiger partial charge in [0.05, 0.1) is 30.3 Å². The lowest BCUT2D eigenvalue weighted by Crippen LogP contribution is -2.64. The maximum Gasteiger partial charge on any atom is 0.325 e. The number of nitrogens with zero attached hydrogens (tertiary/aromatic N) is 1. The van der Waals surface area contributed by atoms with Gasteiger partial charge in [0.25, 0.3) is 5.91 Å². The number of carbonyl (C=O) groups excluding carboxylic acids is 5. The molecule has 1 aromatic rings. The van der Waals surface area contributed by atoms with Crippen LogP contribution >= 0.6 is 0 Å². The summed E-state index contributed by atoms with van der Waals surface area (Å²) in [4.78, 5) is 69.0. The number of fused-ring (bicyclic) bond motifs is 2. The van der Waals surface area contributed by atoms with Gasteiger partial charge in [-0.2, -0.15) is 0 Å². The molecule has 0 aromatic heterocycles. The van der Waals surface area contributed by atoms with E-state index in [1.165, 1.54) is 30.1 Å². The molecule has 4 aliphatic rings. The van der Waals surface area contributed by atoms with Gasteiger partial charge in [-0.15, -0.1) is 0 Å². The molecule has 0 aliphatic carbocycles. The first-order chi connectivity index (χ1) is 34.6. The predicted molar refractivity (Wildman–Crippen MR) is 280 cm³/mol. The van der Waals surface area contributed by atoms with Gasteiger partial charge in [0.2, 0.25) is 17.7 Å². The Morgan fingerprint density at radius 3 is 2.44 bits per heavy atom. The summed E-state index contributed by atoms with van der Waals surface area (Å²) >= 11 is 0. The number of rotatable bonds is 12. The van der Waals surface area contributed by atoms with Crippen molar-refractivity contribution in [3.05, 3.63) is 89.6 Å². The molecule has 2 bridgehead atoms. The number of allylic oxidation sites excluding steroid dienone is 5. The van der Waals surface area contributed by atoms with Crippen LogP contribution in [0.5, 0.6) is 5.75 Å². The van der Waals surface area contributed by atoms with Gasteiger partial charge in [0.15, 0.2) is 5.72 Å². The number of hydrogen-bond acceptors (Lipinski definition) is 12. The van der Waals surface area contributed by atoms with Crippen LogP contribution in [0.2, 0.25) is 0 Å². The number of aliphatic hydroxyl groups is 3. The number of phenols is 1. The first kappa shape index (κ1) is 58.8. The van der Waals surface area contributed by atoms with Gasteiger partial charge < -0.3 is 45.9 Å². The Kier molecular flexibility index (Phi) is 21.6. The number of ether oxygens (including phenoxy) is 2. The van der Waals surface area contributed by atoms with E-state index in [1.54, 1.807) is 51.1 Å². The van der Waals surface area contributed by atoms with E-state index in [9.17, 15) is 44.4 Å². The molecule has 4 heterocycles. The minimum absolute atomic E-state index is 0.0117. The van der Waals surface area contributed by atoms with Crippen molar-refractivity contribution in [3.8, 4) is 5.75 Å². The van der Waals surface area contributed by atoms with Gasteiger partial charge in [0, 0.05) is 49.5 Å². The molecular weight excluding hydrogens is 931 g/mol. The van der Waals surface area contributed by atoms with Crippen LogP contribution in [0.1, 0.15) is 126 Å². The molecule has 404 valence electrons. The molecule has 1 unspecified atom stereocenters. The summed E-state index contributed by atoms with van der Waals surface area (Å²) in [6.07, 6.45) is 15.0. The molecule has 4 amide bonds. The standard InChI is InChI=1S/C57H85N5O11/c1-11-42-29-38(8)57(60-53(42)68)37(7)28-36(6)49(73-57)32-47(65)34(4)20-14-12-15-21-35(5)48-26-17-13-16-25-46(64)39(9)51(66)40(10)52(67)59-50(33(2)3)54(69)58-45(31-41-22-18-23-43(63)30-41)55(70)62-27-19-24-44(61-62)56(71)72-48/h12-13,15-18,21-23,25,28,30,33-34,36,38-40,42,44-51,61,63-66H,11,14,19-20,24,26-27,29,31-32H2,1-10H3,(H,58,69)(H,59,67)(H,60,68)/b15-12+,17-13+,25-16+,35-21+/t34-,36+,38-,39-,40+,42-,44?,45-,46-,47-,48-,49-,50-,51+,57-/m0/s1. The Bertz CT molecular complexity index is 2220. The predicted octanol–water partition coefficient (Wildman–Crippen LogP) is 6.01. The van der Waals surface area contributed by atoms with Crippen LogP contribution in [-0.4, -0.2) is 116 Å². The van der Waals surface area contributed by atoms with Crippen molar-refractivity contribution in [2.45, 2.75) is 181 Å². The van der Waals surface area contributed by atoms with E-state index in [-0.39, 0.29) is 60.8 Å². The highest BCUT2D eigenvalue weighted by Crippen LogP contribution is 2.43. The third kappa shape index (κ3) is 15.5. The van der Waals surface area contributed by atoms with E-state index in [2.05, 4.69) is 41.3 Å². The first-order valence-electron chi connectivity index (χ1n) is 26.6. The van der Waals surface area contributed by atoms with Crippen molar-refractivity contribution < 1.29 is 53.9 Å². The second kappa shape index (κ2) is 26.9. The van der Waals surface area contributed by atoms with E-state index in [4.69, 9.17) is 9.47 Å². The van der Waals surface area contributed by atoms with Crippen molar-refractivity contribution >= 4 is 29.6 Å². The number of esters is 1. The maximum absolute atomic E-state index is 14.4. The van der Waals surface area contributed by atoms with E-state index in [0.717, 1.165) is 24.0 Å². The normalized spacial score (nSPS) is 34.4. The Morgan fingerprint density at radius 1 is 1.00 bits per heavy atom. The number of carbonyl (C=O) groups is 5. The summed E-state index contributed by atoms with van der Waals surface area (Å²) in [5.74, 6) is -4.48. The summed E-state index contributed by atoms with van der Waals surface area (Å²) in [7, 11) is 0. The lowest BCUT2D eigenvalue weighted by atomic mass is 9.75. The molecule has 4 aliphatic heterocycles. The lowest BCUT2D eigenvalue weighted by molar-refractivity contribution is -0.179. The van der Waals surface area contributed by atoms with E-state index in [0.29, 0.717) is 37.7 Å². The van der Waals surface area contributed by atoms with Crippen molar-refractivity contribution in [2.75, 3.05) is 6.54 Å². The number of phenolic OH excluding ortho intramolecular Hbond substituents is 1. The Balaban J connectivity index is 1.31. The monoisotopic (exact) mass is 1020 g/mol. The highest BCUT2D eigenvalue weighted by molar-refractivity contribution is 5.93. The van der Waals surface area contributed by atoms with Crippen molar-refractivity contribution in [1.29, 1.82) is 0 Å². The lowest BCUT2D eigenvalue weighted by Gasteiger charge is -2.51. The van der Waals surface area contributed by atoms with Crippen LogP contribution in [-0.2, 0) is 39.9 Å². The minimum Gasteiger partial charge on any atom is -0.508 e. The molecule has 2 fully saturated rings. The summed E-state index contributed by atoms with van der Waals surface area (Å²) in [5, 5.41) is 54.0. The molecule has 1 spiro atoms. The van der Waals surface area contributed by atoms with Gasteiger partial charge in [0.1, 0.15) is 30.0 Å². The zero-order valence-corrected chi connectivity index (χ0v) is 44.8. The molecule has 1 aromatic carbocycles. The van der Waals surface area contributed by atoms with Gasteiger partial charge in [-0.3, -0.25) is 29.0 Å². The average Bonchev–Trinajstić information content (AvgIpc) is 3.35. The van der Waals surface area contributed by atoms with Gasteiger partial charge in [-0.05, 0) is 93.1 Å². The molecule has 73 heavy (non-hydrogen) atoms. The SMILES string of the molecule is CC[C@H]1C[C@H](C)[C@@]2(NC1=O)O[C@@H](C[C@H](O)[C@@H](C)CC/C=C/C=C(\C)[C@@H]1C/C=C/C=C/[C@H](O)[C@H](C)[C@@H](O)[C@@H](C)C(=O)N[C@@H](C(C)C)C(=O)N[C@@H](Cc3cccc(O)c3)C(=O)N3CCCC(N3)C(=O)O1)[C@H](C)C=C2C. The smallest absolute Gasteiger partial charge is 0.325 e. The summed E-state index contributed by atoms with van der Waals surface area (Å²) in [6.45, 7) is 19.0. The van der Waals surface area contributed by atoms with Crippen LogP contribution in [0.25, 0.3) is 0 Å². The number of cyclic esters (lactones) is 1.